The molecule has 0 saturated heterocycles. The summed E-state index contributed by atoms with van der Waals surface area (Å²) >= 11 is 0. The van der Waals surface area contributed by atoms with Gasteiger partial charge in [-0.05, 0) is 45.1 Å². The second kappa shape index (κ2) is 5.60. The molecular weight excluding hydrogens is 310 g/mol. The van der Waals surface area contributed by atoms with Gasteiger partial charge in [0.05, 0.1) is 5.69 Å². The molecule has 0 radical (unpaired) electrons. The lowest BCUT2D eigenvalue weighted by Gasteiger charge is -2.12. The Labute approximate surface area is 140 Å². The number of hydrogen-bond acceptors (Lipinski definition) is 3. The SMILES string of the molecule is Cc1cc(C)n(-c2cc(C3CC3)nc(CC3CCC(F)(F)C3)n2)n1. The van der Waals surface area contributed by atoms with Crippen LogP contribution in [0.25, 0.3) is 5.82 Å². The van der Waals surface area contributed by atoms with Crippen molar-refractivity contribution < 1.29 is 8.78 Å². The van der Waals surface area contributed by atoms with E-state index in [2.05, 4.69) is 15.1 Å². The molecule has 6 heteroatoms. The standard InChI is InChI=1S/C18H22F2N4/c1-11-7-12(2)24(23-11)17-9-15(14-3-4-14)21-16(22-17)8-13-5-6-18(19,20)10-13/h7,9,13-14H,3-6,8,10H2,1-2H3. The summed E-state index contributed by atoms with van der Waals surface area (Å²) < 4.78 is 28.7. The van der Waals surface area contributed by atoms with E-state index in [4.69, 9.17) is 0 Å². The lowest BCUT2D eigenvalue weighted by Crippen LogP contribution is -2.13. The molecule has 0 N–H and O–H groups in total. The molecule has 2 heterocycles. The molecule has 1 unspecified atom stereocenters. The van der Waals surface area contributed by atoms with Crippen LogP contribution in [0.3, 0.4) is 0 Å². The average molecular weight is 332 g/mol. The first-order valence-corrected chi connectivity index (χ1v) is 8.69. The van der Waals surface area contributed by atoms with E-state index in [-0.39, 0.29) is 18.8 Å². The predicted octanol–water partition coefficient (Wildman–Crippen LogP) is 4.13. The normalized spacial score (nSPS) is 22.9. The molecule has 0 amide bonds. The topological polar surface area (TPSA) is 43.6 Å². The Kier molecular flexibility index (Phi) is 3.66. The minimum atomic E-state index is -2.52. The zero-order chi connectivity index (χ0) is 16.9. The number of rotatable bonds is 4. The Hall–Kier alpha value is -1.85. The maximum atomic E-state index is 13.5. The molecule has 4 nitrogen and oxygen atoms in total. The van der Waals surface area contributed by atoms with Gasteiger partial charge in [-0.2, -0.15) is 5.10 Å². The Morgan fingerprint density at radius 2 is 1.96 bits per heavy atom. The molecule has 2 saturated carbocycles. The van der Waals surface area contributed by atoms with Gasteiger partial charge in [-0.3, -0.25) is 0 Å². The van der Waals surface area contributed by atoms with Crippen LogP contribution in [0.4, 0.5) is 8.78 Å². The Morgan fingerprint density at radius 3 is 2.54 bits per heavy atom. The molecule has 4 rings (SSSR count). The molecule has 128 valence electrons. The zero-order valence-corrected chi connectivity index (χ0v) is 14.1. The van der Waals surface area contributed by atoms with E-state index >= 15 is 0 Å². The number of nitrogens with zero attached hydrogens (tertiary/aromatic N) is 4. The largest absolute Gasteiger partial charge is 0.248 e. The van der Waals surface area contributed by atoms with Gasteiger partial charge in [0.1, 0.15) is 5.82 Å². The van der Waals surface area contributed by atoms with Gasteiger partial charge in [0.15, 0.2) is 5.82 Å². The third-order valence-electron chi connectivity index (χ3n) is 4.98. The Balaban J connectivity index is 1.65. The summed E-state index contributed by atoms with van der Waals surface area (Å²) in [6.07, 6.45) is 3.33. The van der Waals surface area contributed by atoms with Crippen molar-refractivity contribution in [1.82, 2.24) is 19.7 Å². The molecule has 0 aromatic carbocycles. The van der Waals surface area contributed by atoms with E-state index in [0.29, 0.717) is 24.6 Å². The Morgan fingerprint density at radius 1 is 1.17 bits per heavy atom. The fraction of sp³-hybridized carbons (Fsp3) is 0.611. The molecule has 1 atom stereocenters. The highest BCUT2D eigenvalue weighted by Gasteiger charge is 2.39. The van der Waals surface area contributed by atoms with Crippen molar-refractivity contribution in [3.05, 3.63) is 35.0 Å². The molecule has 2 aromatic rings. The van der Waals surface area contributed by atoms with Gasteiger partial charge in [-0.1, -0.05) is 0 Å². The van der Waals surface area contributed by atoms with Crippen molar-refractivity contribution in [2.45, 2.75) is 64.2 Å². The highest BCUT2D eigenvalue weighted by atomic mass is 19.3. The van der Waals surface area contributed by atoms with Gasteiger partial charge in [0.2, 0.25) is 5.92 Å². The summed E-state index contributed by atoms with van der Waals surface area (Å²) in [5.74, 6) is -0.603. The first-order valence-electron chi connectivity index (χ1n) is 8.69. The van der Waals surface area contributed by atoms with Crippen LogP contribution in [0.2, 0.25) is 0 Å². The van der Waals surface area contributed by atoms with Crippen LogP contribution in [-0.2, 0) is 6.42 Å². The van der Waals surface area contributed by atoms with Crippen LogP contribution in [0, 0.1) is 19.8 Å². The fourth-order valence-electron chi connectivity index (χ4n) is 3.63. The van der Waals surface area contributed by atoms with Crippen molar-refractivity contribution in [3.63, 3.8) is 0 Å². The van der Waals surface area contributed by atoms with Gasteiger partial charge >= 0.3 is 0 Å². The number of alkyl halides is 2. The first-order chi connectivity index (χ1) is 11.4. The number of hydrogen-bond donors (Lipinski definition) is 0. The highest BCUT2D eigenvalue weighted by Crippen LogP contribution is 2.41. The van der Waals surface area contributed by atoms with Gasteiger partial charge in [0.25, 0.3) is 0 Å². The molecule has 2 aliphatic carbocycles. The van der Waals surface area contributed by atoms with E-state index in [0.717, 1.165) is 35.7 Å². The second-order valence-corrected chi connectivity index (χ2v) is 7.35. The van der Waals surface area contributed by atoms with Crippen LogP contribution < -0.4 is 0 Å². The van der Waals surface area contributed by atoms with E-state index in [1.54, 1.807) is 0 Å². The van der Waals surface area contributed by atoms with Gasteiger partial charge in [-0.25, -0.2) is 23.4 Å². The lowest BCUT2D eigenvalue weighted by molar-refractivity contribution is 0.00502. The maximum absolute atomic E-state index is 13.5. The van der Waals surface area contributed by atoms with Crippen molar-refractivity contribution in [1.29, 1.82) is 0 Å². The number of aromatic nitrogens is 4. The van der Waals surface area contributed by atoms with Gasteiger partial charge in [0, 0.05) is 42.6 Å². The third-order valence-corrected chi connectivity index (χ3v) is 4.98. The minimum absolute atomic E-state index is 0.00962. The van der Waals surface area contributed by atoms with Crippen LogP contribution in [0.1, 0.15) is 60.9 Å². The van der Waals surface area contributed by atoms with Crippen molar-refractivity contribution >= 4 is 0 Å². The molecule has 0 bridgehead atoms. The summed E-state index contributed by atoms with van der Waals surface area (Å²) in [6, 6.07) is 4.01. The maximum Gasteiger partial charge on any atom is 0.248 e. The number of halogens is 2. The summed E-state index contributed by atoms with van der Waals surface area (Å²) in [4.78, 5) is 9.32. The number of aryl methyl sites for hydroxylation is 2. The molecular formula is C18H22F2N4. The highest BCUT2D eigenvalue weighted by molar-refractivity contribution is 5.31. The molecule has 24 heavy (non-hydrogen) atoms. The summed E-state index contributed by atoms with van der Waals surface area (Å²) in [5, 5.41) is 4.50. The first kappa shape index (κ1) is 15.7. The zero-order valence-electron chi connectivity index (χ0n) is 14.1. The lowest BCUT2D eigenvalue weighted by atomic mass is 10.0. The van der Waals surface area contributed by atoms with Gasteiger partial charge < -0.3 is 0 Å². The molecule has 2 aromatic heterocycles. The quantitative estimate of drug-likeness (QED) is 0.845. The van der Waals surface area contributed by atoms with Crippen LogP contribution in [-0.4, -0.2) is 25.7 Å². The van der Waals surface area contributed by atoms with E-state index in [1.165, 1.54) is 0 Å². The van der Waals surface area contributed by atoms with Crippen LogP contribution >= 0.6 is 0 Å². The smallest absolute Gasteiger partial charge is 0.237 e. The van der Waals surface area contributed by atoms with E-state index in [1.807, 2.05) is 30.7 Å². The van der Waals surface area contributed by atoms with E-state index in [9.17, 15) is 8.78 Å². The summed E-state index contributed by atoms with van der Waals surface area (Å²) in [7, 11) is 0. The van der Waals surface area contributed by atoms with Crippen molar-refractivity contribution in [2.24, 2.45) is 5.92 Å². The minimum Gasteiger partial charge on any atom is -0.237 e. The second-order valence-electron chi connectivity index (χ2n) is 7.35. The predicted molar refractivity (Wildman–Crippen MR) is 86.6 cm³/mol. The third kappa shape index (κ3) is 3.19. The average Bonchev–Trinajstić information content (AvgIpc) is 3.22. The van der Waals surface area contributed by atoms with E-state index < -0.39 is 5.92 Å². The monoisotopic (exact) mass is 332 g/mol. The Bertz CT molecular complexity index is 764. The summed E-state index contributed by atoms with van der Waals surface area (Å²) in [5.41, 5.74) is 3.00. The van der Waals surface area contributed by atoms with Crippen LogP contribution in [0.5, 0.6) is 0 Å². The van der Waals surface area contributed by atoms with Gasteiger partial charge in [-0.15, -0.1) is 0 Å². The molecule has 0 aliphatic heterocycles. The molecule has 0 spiro atoms. The summed E-state index contributed by atoms with van der Waals surface area (Å²) in [6.45, 7) is 3.95. The van der Waals surface area contributed by atoms with Crippen molar-refractivity contribution in [3.8, 4) is 5.82 Å². The molecule has 2 fully saturated rings. The van der Waals surface area contributed by atoms with Crippen LogP contribution in [0.15, 0.2) is 12.1 Å². The fourth-order valence-corrected chi connectivity index (χ4v) is 3.63. The van der Waals surface area contributed by atoms with Crippen molar-refractivity contribution in [2.75, 3.05) is 0 Å². The molecule has 2 aliphatic rings.